The number of carbonyl (C=O) groups is 2. The molecule has 27 heavy (non-hydrogen) atoms. The third kappa shape index (κ3) is 6.26. The normalized spacial score (nSPS) is 15.5. The van der Waals surface area contributed by atoms with Crippen LogP contribution in [0.5, 0.6) is 5.75 Å². The molecule has 1 heterocycles. The van der Waals surface area contributed by atoms with E-state index >= 15 is 0 Å². The number of carbonyl (C=O) groups excluding carboxylic acids is 2. The van der Waals surface area contributed by atoms with Crippen molar-refractivity contribution in [3.63, 3.8) is 0 Å². The second-order valence-corrected chi connectivity index (χ2v) is 8.56. The molecule has 1 aromatic rings. The molecule has 0 unspecified atom stereocenters. The molecule has 1 aliphatic rings. The van der Waals surface area contributed by atoms with Crippen LogP contribution in [0, 0.1) is 19.3 Å². The van der Waals surface area contributed by atoms with Gasteiger partial charge in [-0.05, 0) is 44.2 Å². The van der Waals surface area contributed by atoms with Crippen LogP contribution in [0.15, 0.2) is 18.2 Å². The molecule has 0 radical (unpaired) electrons. The fourth-order valence-electron chi connectivity index (χ4n) is 3.43. The van der Waals surface area contributed by atoms with E-state index in [0.717, 1.165) is 42.8 Å². The predicted octanol–water partition coefficient (Wildman–Crippen LogP) is 3.62. The van der Waals surface area contributed by atoms with Crippen molar-refractivity contribution in [3.8, 4) is 5.75 Å². The summed E-state index contributed by atoms with van der Waals surface area (Å²) in [4.78, 5) is 26.4. The maximum absolute atomic E-state index is 12.3. The Balaban J connectivity index is 1.66. The Hall–Kier alpha value is -2.04. The summed E-state index contributed by atoms with van der Waals surface area (Å²) in [7, 11) is 0. The summed E-state index contributed by atoms with van der Waals surface area (Å²) in [5, 5.41) is 3.11. The molecule has 0 saturated carbocycles. The molecule has 5 heteroatoms. The van der Waals surface area contributed by atoms with E-state index in [9.17, 15) is 9.59 Å². The Morgan fingerprint density at radius 3 is 2.30 bits per heavy atom. The van der Waals surface area contributed by atoms with Crippen LogP contribution in [0.2, 0.25) is 0 Å². The van der Waals surface area contributed by atoms with Gasteiger partial charge < -0.3 is 15.0 Å². The lowest BCUT2D eigenvalue weighted by Gasteiger charge is -2.36. The molecule has 1 aliphatic heterocycles. The summed E-state index contributed by atoms with van der Waals surface area (Å²) >= 11 is 0. The van der Waals surface area contributed by atoms with Crippen LogP contribution in [0.25, 0.3) is 0 Å². The van der Waals surface area contributed by atoms with Gasteiger partial charge in [-0.25, -0.2) is 0 Å². The molecule has 1 saturated heterocycles. The van der Waals surface area contributed by atoms with E-state index in [1.807, 2.05) is 57.7 Å². The zero-order valence-corrected chi connectivity index (χ0v) is 17.4. The first kappa shape index (κ1) is 21.3. The summed E-state index contributed by atoms with van der Waals surface area (Å²) in [6, 6.07) is 6.25. The third-order valence-corrected chi connectivity index (χ3v) is 4.99. The lowest BCUT2D eigenvalue weighted by atomic mass is 9.93. The quantitative estimate of drug-likeness (QED) is 0.774. The summed E-state index contributed by atoms with van der Waals surface area (Å²) in [5.74, 6) is 1.19. The van der Waals surface area contributed by atoms with Crippen LogP contribution in [0.3, 0.4) is 0 Å². The van der Waals surface area contributed by atoms with E-state index in [1.54, 1.807) is 0 Å². The highest BCUT2D eigenvalue weighted by Gasteiger charge is 2.30. The van der Waals surface area contributed by atoms with Crippen LogP contribution in [0.4, 0.5) is 0 Å². The predicted molar refractivity (Wildman–Crippen MR) is 108 cm³/mol. The second-order valence-electron chi connectivity index (χ2n) is 8.56. The molecular formula is C22H34N2O3. The molecule has 2 rings (SSSR count). The van der Waals surface area contributed by atoms with Crippen molar-refractivity contribution < 1.29 is 14.3 Å². The molecule has 1 fully saturated rings. The van der Waals surface area contributed by atoms with Crippen molar-refractivity contribution in [2.24, 2.45) is 5.41 Å². The molecule has 5 nitrogen and oxygen atoms in total. The highest BCUT2D eigenvalue weighted by molar-refractivity contribution is 5.81. The van der Waals surface area contributed by atoms with Crippen molar-refractivity contribution >= 4 is 11.8 Å². The zero-order chi connectivity index (χ0) is 20.0. The van der Waals surface area contributed by atoms with Crippen LogP contribution < -0.4 is 10.1 Å². The number of ether oxygens (including phenoxy) is 1. The maximum atomic E-state index is 12.3. The lowest BCUT2D eigenvalue weighted by Crippen LogP contribution is -2.49. The average molecular weight is 375 g/mol. The Labute approximate surface area is 163 Å². The van der Waals surface area contributed by atoms with Crippen molar-refractivity contribution in [3.05, 3.63) is 29.3 Å². The van der Waals surface area contributed by atoms with Gasteiger partial charge in [0.25, 0.3) is 0 Å². The first-order chi connectivity index (χ1) is 12.7. The fraction of sp³-hybridized carbons (Fsp3) is 0.636. The Morgan fingerprint density at radius 2 is 1.74 bits per heavy atom. The smallest absolute Gasteiger partial charge is 0.227 e. The van der Waals surface area contributed by atoms with Crippen LogP contribution >= 0.6 is 0 Å². The first-order valence-corrected chi connectivity index (χ1v) is 9.96. The second kappa shape index (κ2) is 9.25. The van der Waals surface area contributed by atoms with Gasteiger partial charge in [-0.3, -0.25) is 9.59 Å². The van der Waals surface area contributed by atoms with Gasteiger partial charge in [0, 0.05) is 31.0 Å². The number of para-hydroxylation sites is 1. The number of nitrogens with zero attached hydrogens (tertiary/aromatic N) is 1. The van der Waals surface area contributed by atoms with Crippen LogP contribution in [-0.2, 0) is 9.59 Å². The minimum absolute atomic E-state index is 0.0701. The topological polar surface area (TPSA) is 58.6 Å². The van der Waals surface area contributed by atoms with Crippen molar-refractivity contribution in [2.75, 3.05) is 19.7 Å². The largest absolute Gasteiger partial charge is 0.493 e. The minimum Gasteiger partial charge on any atom is -0.493 e. The standard InChI is InChI=1S/C22H34N2O3/c1-16-8-6-9-17(2)20(16)27-15-7-10-19(25)23-18-11-13-24(14-12-18)21(26)22(3,4)5/h6,8-9,18H,7,10-15H2,1-5H3,(H,23,25). The number of aryl methyl sites for hydroxylation is 2. The number of piperidine rings is 1. The van der Waals surface area contributed by atoms with Gasteiger partial charge in [0.1, 0.15) is 5.75 Å². The van der Waals surface area contributed by atoms with Gasteiger partial charge in [0.15, 0.2) is 0 Å². The molecule has 0 aromatic heterocycles. The highest BCUT2D eigenvalue weighted by atomic mass is 16.5. The Morgan fingerprint density at radius 1 is 1.15 bits per heavy atom. The Kier molecular flexibility index (Phi) is 7.28. The molecule has 1 aromatic carbocycles. The lowest BCUT2D eigenvalue weighted by molar-refractivity contribution is -0.140. The van der Waals surface area contributed by atoms with Gasteiger partial charge >= 0.3 is 0 Å². The highest BCUT2D eigenvalue weighted by Crippen LogP contribution is 2.23. The number of hydrogen-bond acceptors (Lipinski definition) is 3. The molecule has 2 amide bonds. The van der Waals surface area contributed by atoms with Crippen molar-refractivity contribution in [1.82, 2.24) is 10.2 Å². The summed E-state index contributed by atoms with van der Waals surface area (Å²) in [5.41, 5.74) is 1.90. The number of amides is 2. The molecule has 0 bridgehead atoms. The number of likely N-dealkylation sites (tertiary alicyclic amines) is 1. The van der Waals surface area contributed by atoms with Gasteiger partial charge in [0.2, 0.25) is 11.8 Å². The van der Waals surface area contributed by atoms with Gasteiger partial charge in [-0.2, -0.15) is 0 Å². The van der Waals surface area contributed by atoms with Gasteiger partial charge in [-0.1, -0.05) is 39.0 Å². The first-order valence-electron chi connectivity index (χ1n) is 9.96. The third-order valence-electron chi connectivity index (χ3n) is 4.99. The number of nitrogens with one attached hydrogen (secondary N) is 1. The Bertz CT molecular complexity index is 636. The fourth-order valence-corrected chi connectivity index (χ4v) is 3.43. The summed E-state index contributed by atoms with van der Waals surface area (Å²) < 4.78 is 5.86. The monoisotopic (exact) mass is 374 g/mol. The van der Waals surface area contributed by atoms with E-state index in [4.69, 9.17) is 4.74 Å². The van der Waals surface area contributed by atoms with E-state index < -0.39 is 0 Å². The SMILES string of the molecule is Cc1cccc(C)c1OCCCC(=O)NC1CCN(C(=O)C(C)(C)C)CC1. The molecule has 150 valence electrons. The molecule has 1 N–H and O–H groups in total. The zero-order valence-electron chi connectivity index (χ0n) is 17.4. The van der Waals surface area contributed by atoms with Gasteiger partial charge in [0.05, 0.1) is 6.61 Å². The molecular weight excluding hydrogens is 340 g/mol. The van der Waals surface area contributed by atoms with Crippen LogP contribution in [0.1, 0.15) is 57.6 Å². The van der Waals surface area contributed by atoms with E-state index in [0.29, 0.717) is 19.4 Å². The van der Waals surface area contributed by atoms with E-state index in [-0.39, 0.29) is 23.3 Å². The van der Waals surface area contributed by atoms with Gasteiger partial charge in [-0.15, -0.1) is 0 Å². The number of benzene rings is 1. The van der Waals surface area contributed by atoms with Crippen molar-refractivity contribution in [1.29, 1.82) is 0 Å². The summed E-state index contributed by atoms with van der Waals surface area (Å²) in [6.07, 6.45) is 2.81. The molecule has 0 atom stereocenters. The molecule has 0 aliphatic carbocycles. The summed E-state index contributed by atoms with van der Waals surface area (Å²) in [6.45, 7) is 11.9. The van der Waals surface area contributed by atoms with E-state index in [2.05, 4.69) is 5.32 Å². The average Bonchev–Trinajstić information content (AvgIpc) is 2.60. The van der Waals surface area contributed by atoms with E-state index in [1.165, 1.54) is 0 Å². The maximum Gasteiger partial charge on any atom is 0.227 e. The molecule has 0 spiro atoms. The number of hydrogen-bond donors (Lipinski definition) is 1. The number of rotatable bonds is 6. The van der Waals surface area contributed by atoms with Crippen LogP contribution in [-0.4, -0.2) is 42.5 Å². The van der Waals surface area contributed by atoms with Crippen molar-refractivity contribution in [2.45, 2.75) is 66.3 Å². The minimum atomic E-state index is -0.342.